The maximum Gasteiger partial charge on any atom is 0.267 e. The molecule has 1 N–H and O–H groups in total. The normalized spacial score (nSPS) is 15.2. The summed E-state index contributed by atoms with van der Waals surface area (Å²) < 4.78 is 22.1. The molecular formula is C31H25Cl2N3O6S. The molecule has 0 spiro atoms. The lowest BCUT2D eigenvalue weighted by Gasteiger charge is -2.13. The molecule has 5 rings (SSSR count). The molecule has 0 unspecified atom stereocenters. The van der Waals surface area contributed by atoms with Gasteiger partial charge < -0.3 is 23.7 Å². The van der Waals surface area contributed by atoms with Gasteiger partial charge in [-0.1, -0.05) is 35.3 Å². The molecule has 1 amide bonds. The van der Waals surface area contributed by atoms with Crippen LogP contribution < -0.4 is 14.2 Å². The highest BCUT2D eigenvalue weighted by Crippen LogP contribution is 2.36. The summed E-state index contributed by atoms with van der Waals surface area (Å²) in [5.41, 5.74) is 2.17. The van der Waals surface area contributed by atoms with Crippen molar-refractivity contribution in [3.8, 4) is 23.0 Å². The second kappa shape index (κ2) is 13.7. The molecule has 43 heavy (non-hydrogen) atoms. The lowest BCUT2D eigenvalue weighted by Crippen LogP contribution is -2.28. The third-order valence-electron chi connectivity index (χ3n) is 6.22. The zero-order valence-corrected chi connectivity index (χ0v) is 25.3. The van der Waals surface area contributed by atoms with E-state index in [-0.39, 0.29) is 24.8 Å². The largest absolute Gasteiger partial charge is 0.504 e. The zero-order chi connectivity index (χ0) is 30.3. The minimum atomic E-state index is -0.258. The Morgan fingerprint density at radius 2 is 1.77 bits per heavy atom. The smallest absolute Gasteiger partial charge is 0.267 e. The van der Waals surface area contributed by atoms with Crippen LogP contribution in [0, 0.1) is 0 Å². The van der Waals surface area contributed by atoms with E-state index in [4.69, 9.17) is 41.8 Å². The number of carbonyl (C=O) groups excluding carboxylic acids is 1. The number of phenols is 1. The first-order valence-corrected chi connectivity index (χ1v) is 14.4. The Morgan fingerprint density at radius 1 is 0.977 bits per heavy atom. The van der Waals surface area contributed by atoms with E-state index in [0.717, 1.165) is 5.56 Å². The van der Waals surface area contributed by atoms with Gasteiger partial charge in [0.05, 0.1) is 38.1 Å². The molecule has 1 aliphatic rings. The number of rotatable bonds is 10. The number of thioether (sulfide) groups is 1. The number of phenolic OH excluding ortho intramolecular Hbond substituents is 1. The first-order chi connectivity index (χ1) is 20.8. The number of amides is 1. The van der Waals surface area contributed by atoms with Gasteiger partial charge in [0.1, 0.15) is 12.4 Å². The average Bonchev–Trinajstić information content (AvgIpc) is 3.62. The average molecular weight is 639 g/mol. The molecule has 2 heterocycles. The Labute approximate surface area is 262 Å². The summed E-state index contributed by atoms with van der Waals surface area (Å²) in [6.07, 6.45) is 4.80. The number of amidine groups is 1. The molecular weight excluding hydrogens is 613 g/mol. The van der Waals surface area contributed by atoms with Gasteiger partial charge in [0, 0.05) is 15.6 Å². The van der Waals surface area contributed by atoms with E-state index in [0.29, 0.717) is 54.3 Å². The number of hydrogen-bond acceptors (Lipinski definition) is 9. The van der Waals surface area contributed by atoms with Crippen LogP contribution in [0.4, 0.5) is 0 Å². The van der Waals surface area contributed by atoms with E-state index < -0.39 is 0 Å². The topological polar surface area (TPSA) is 106 Å². The number of aromatic hydroxyl groups is 1. The van der Waals surface area contributed by atoms with Gasteiger partial charge in [0.15, 0.2) is 28.2 Å². The van der Waals surface area contributed by atoms with Crippen molar-refractivity contribution in [3.63, 3.8) is 0 Å². The summed E-state index contributed by atoms with van der Waals surface area (Å²) in [7, 11) is 3.01. The maximum absolute atomic E-state index is 13.4. The van der Waals surface area contributed by atoms with Gasteiger partial charge >= 0.3 is 0 Å². The molecule has 0 aliphatic carbocycles. The van der Waals surface area contributed by atoms with Gasteiger partial charge in [0.25, 0.3) is 5.91 Å². The fourth-order valence-electron chi connectivity index (χ4n) is 4.04. The monoisotopic (exact) mass is 637 g/mol. The number of carbonyl (C=O) groups is 1. The Kier molecular flexibility index (Phi) is 9.61. The summed E-state index contributed by atoms with van der Waals surface area (Å²) in [4.78, 5) is 15.3. The van der Waals surface area contributed by atoms with E-state index in [1.54, 1.807) is 80.3 Å². The minimum absolute atomic E-state index is 0.00765. The van der Waals surface area contributed by atoms with Crippen molar-refractivity contribution in [2.45, 2.75) is 13.2 Å². The van der Waals surface area contributed by atoms with Crippen LogP contribution in [0.15, 0.2) is 92.5 Å². The number of hydrogen-bond donors (Lipinski definition) is 1. The van der Waals surface area contributed by atoms with Crippen LogP contribution in [-0.4, -0.2) is 41.5 Å². The number of halogens is 2. The molecule has 4 aromatic rings. The quantitative estimate of drug-likeness (QED) is 0.110. The van der Waals surface area contributed by atoms with Crippen molar-refractivity contribution >= 4 is 58.3 Å². The Morgan fingerprint density at radius 3 is 2.51 bits per heavy atom. The summed E-state index contributed by atoms with van der Waals surface area (Å²) >= 11 is 13.4. The van der Waals surface area contributed by atoms with Crippen molar-refractivity contribution in [2.24, 2.45) is 10.2 Å². The van der Waals surface area contributed by atoms with Crippen molar-refractivity contribution < 1.29 is 28.5 Å². The summed E-state index contributed by atoms with van der Waals surface area (Å²) in [6.45, 7) is 0.415. The van der Waals surface area contributed by atoms with Crippen LogP contribution in [0.25, 0.3) is 6.08 Å². The van der Waals surface area contributed by atoms with Gasteiger partial charge in [0.2, 0.25) is 0 Å². The predicted octanol–water partition coefficient (Wildman–Crippen LogP) is 7.39. The zero-order valence-electron chi connectivity index (χ0n) is 23.0. The van der Waals surface area contributed by atoms with Crippen LogP contribution in [-0.2, 0) is 17.9 Å². The Balaban J connectivity index is 1.35. The number of furan rings is 1. The van der Waals surface area contributed by atoms with Crippen LogP contribution in [0.1, 0.15) is 22.5 Å². The Bertz CT molecular complexity index is 1720. The van der Waals surface area contributed by atoms with E-state index in [9.17, 15) is 9.90 Å². The molecule has 0 radical (unpaired) electrons. The SMILES string of the molecule is COc1cc(/C=C2\S/C(=N\N=C\c3ccc(OCc4ccc(Cl)cc4Cl)c(OC)c3)N(Cc3ccco3)C2=O)ccc1O. The molecule has 220 valence electrons. The highest BCUT2D eigenvalue weighted by molar-refractivity contribution is 8.18. The maximum atomic E-state index is 13.4. The summed E-state index contributed by atoms with van der Waals surface area (Å²) in [5.74, 6) is 1.68. The van der Waals surface area contributed by atoms with E-state index >= 15 is 0 Å². The number of nitrogens with zero attached hydrogens (tertiary/aromatic N) is 3. The van der Waals surface area contributed by atoms with Crippen molar-refractivity contribution in [1.82, 2.24) is 4.90 Å². The lowest BCUT2D eigenvalue weighted by molar-refractivity contribution is -0.122. The molecule has 1 saturated heterocycles. The molecule has 1 aliphatic heterocycles. The van der Waals surface area contributed by atoms with Crippen LogP contribution in [0.5, 0.6) is 23.0 Å². The van der Waals surface area contributed by atoms with Crippen LogP contribution >= 0.6 is 35.0 Å². The van der Waals surface area contributed by atoms with Gasteiger partial charge in [-0.15, -0.1) is 5.10 Å². The fourth-order valence-corrected chi connectivity index (χ4v) is 5.44. The van der Waals surface area contributed by atoms with Gasteiger partial charge in [-0.2, -0.15) is 5.10 Å². The first-order valence-electron chi connectivity index (χ1n) is 12.8. The van der Waals surface area contributed by atoms with Crippen LogP contribution in [0.2, 0.25) is 10.0 Å². The molecule has 3 aromatic carbocycles. The number of methoxy groups -OCH3 is 2. The second-order valence-electron chi connectivity index (χ2n) is 9.07. The summed E-state index contributed by atoms with van der Waals surface area (Å²) in [5, 5.41) is 19.9. The summed E-state index contributed by atoms with van der Waals surface area (Å²) in [6, 6.07) is 18.9. The Hall–Kier alpha value is -4.38. The second-order valence-corrected chi connectivity index (χ2v) is 10.9. The van der Waals surface area contributed by atoms with Crippen molar-refractivity contribution in [1.29, 1.82) is 0 Å². The van der Waals surface area contributed by atoms with Gasteiger partial charge in [-0.25, -0.2) is 0 Å². The standard InChI is InChI=1S/C31H25Cl2N3O6S/c1-39-27-12-19(5-9-25(27)37)14-29-30(38)36(17-23-4-3-11-41-23)31(43-29)35-34-16-20-6-10-26(28(13-20)40-2)42-18-21-7-8-22(32)15-24(21)33/h3-16,37H,17-18H2,1-2H3/b29-14-,34-16+,35-31-. The lowest BCUT2D eigenvalue weighted by atomic mass is 10.2. The number of benzene rings is 3. The molecule has 1 aromatic heterocycles. The minimum Gasteiger partial charge on any atom is -0.504 e. The highest BCUT2D eigenvalue weighted by Gasteiger charge is 2.34. The van der Waals surface area contributed by atoms with Crippen molar-refractivity contribution in [3.05, 3.63) is 110 Å². The van der Waals surface area contributed by atoms with Gasteiger partial charge in [-0.3, -0.25) is 9.69 Å². The fraction of sp³-hybridized carbons (Fsp3) is 0.129. The van der Waals surface area contributed by atoms with E-state index in [2.05, 4.69) is 10.2 Å². The first kappa shape index (κ1) is 30.1. The molecule has 0 atom stereocenters. The molecule has 12 heteroatoms. The third-order valence-corrected chi connectivity index (χ3v) is 7.80. The third kappa shape index (κ3) is 7.34. The highest BCUT2D eigenvalue weighted by atomic mass is 35.5. The molecule has 1 fully saturated rings. The van der Waals surface area contributed by atoms with Gasteiger partial charge in [-0.05, 0) is 83.6 Å². The predicted molar refractivity (Wildman–Crippen MR) is 168 cm³/mol. The van der Waals surface area contributed by atoms with E-state index in [1.807, 2.05) is 6.07 Å². The van der Waals surface area contributed by atoms with Crippen LogP contribution in [0.3, 0.4) is 0 Å². The number of ether oxygens (including phenoxy) is 3. The molecule has 0 bridgehead atoms. The van der Waals surface area contributed by atoms with E-state index in [1.165, 1.54) is 29.8 Å². The molecule has 9 nitrogen and oxygen atoms in total. The molecule has 0 saturated carbocycles. The van der Waals surface area contributed by atoms with Crippen molar-refractivity contribution in [2.75, 3.05) is 14.2 Å².